The number of hydrogen-bond acceptors (Lipinski definition) is 6. The van der Waals surface area contributed by atoms with Crippen molar-refractivity contribution in [3.05, 3.63) is 46.1 Å². The fraction of sp³-hybridized carbons (Fsp3) is 0.200. The molecular weight excluding hydrogens is 312 g/mol. The summed E-state index contributed by atoms with van der Waals surface area (Å²) in [6, 6.07) is 0. The first-order chi connectivity index (χ1) is 8.95. The summed E-state index contributed by atoms with van der Waals surface area (Å²) in [4.78, 5) is -3.44. The summed E-state index contributed by atoms with van der Waals surface area (Å²) in [5.41, 5.74) is 0.279. The van der Waals surface area contributed by atoms with Crippen LogP contribution in [0.1, 0.15) is 6.42 Å². The van der Waals surface area contributed by atoms with E-state index in [0.717, 1.165) is 12.2 Å². The molecule has 0 amide bonds. The van der Waals surface area contributed by atoms with Crippen molar-refractivity contribution in [3.8, 4) is 0 Å². The molecule has 0 aromatic rings. The first-order valence-electron chi connectivity index (χ1n) is 5.16. The molecule has 1 atom stereocenters. The van der Waals surface area contributed by atoms with Gasteiger partial charge in [0.05, 0.1) is 4.91 Å². The van der Waals surface area contributed by atoms with Crippen LogP contribution in [-0.2, 0) is 20.2 Å². The topological polar surface area (TPSA) is 149 Å². The predicted octanol–water partition coefficient (Wildman–Crippen LogP) is 0.0465. The van der Waals surface area contributed by atoms with Gasteiger partial charge < -0.3 is 10.2 Å². The second-order valence-electron chi connectivity index (χ2n) is 4.28. The Bertz CT molecular complexity index is 794. The SMILES string of the molecule is O=S(=O)(O)C1=CC=C2C=C(O)C(O)(S(=O)(=O)O)C=C2C1. The van der Waals surface area contributed by atoms with Gasteiger partial charge in [0.25, 0.3) is 15.1 Å². The normalized spacial score (nSPS) is 26.9. The molecule has 0 saturated heterocycles. The molecule has 0 aromatic carbocycles. The average molecular weight is 322 g/mol. The van der Waals surface area contributed by atoms with Gasteiger partial charge in [-0.2, -0.15) is 16.8 Å². The first-order valence-corrected chi connectivity index (χ1v) is 8.04. The van der Waals surface area contributed by atoms with Crippen molar-refractivity contribution in [2.24, 2.45) is 0 Å². The molecule has 2 rings (SSSR count). The average Bonchev–Trinajstić information content (AvgIpc) is 2.27. The van der Waals surface area contributed by atoms with Crippen molar-refractivity contribution in [3.63, 3.8) is 0 Å². The first kappa shape index (κ1) is 14.9. The summed E-state index contributed by atoms with van der Waals surface area (Å²) in [7, 11) is -9.54. The predicted molar refractivity (Wildman–Crippen MR) is 67.6 cm³/mol. The minimum absolute atomic E-state index is 0.0260. The summed E-state index contributed by atoms with van der Waals surface area (Å²) in [5.74, 6) is -1.02. The Morgan fingerprint density at radius 2 is 1.70 bits per heavy atom. The molecular formula is C10H10O8S2. The summed E-state index contributed by atoms with van der Waals surface area (Å²) < 4.78 is 62.2. The second-order valence-corrected chi connectivity index (χ2v) is 7.32. The second kappa shape index (κ2) is 4.27. The van der Waals surface area contributed by atoms with Crippen LogP contribution in [0.3, 0.4) is 0 Å². The molecule has 8 nitrogen and oxygen atoms in total. The van der Waals surface area contributed by atoms with E-state index in [9.17, 15) is 27.0 Å². The zero-order valence-corrected chi connectivity index (χ0v) is 11.4. The highest BCUT2D eigenvalue weighted by Crippen LogP contribution is 2.38. The van der Waals surface area contributed by atoms with Crippen LogP contribution in [0.4, 0.5) is 0 Å². The molecule has 0 saturated carbocycles. The Kier molecular flexibility index (Phi) is 3.19. The Balaban J connectivity index is 2.59. The zero-order valence-electron chi connectivity index (χ0n) is 9.75. The fourth-order valence-corrected chi connectivity index (χ4v) is 3.05. The molecule has 0 aliphatic heterocycles. The number of fused-ring (bicyclic) bond motifs is 1. The Hall–Kier alpha value is -1.46. The van der Waals surface area contributed by atoms with Crippen molar-refractivity contribution in [2.45, 2.75) is 11.4 Å². The number of rotatable bonds is 2. The van der Waals surface area contributed by atoms with E-state index in [1.165, 1.54) is 6.08 Å². The van der Waals surface area contributed by atoms with Crippen molar-refractivity contribution in [1.29, 1.82) is 0 Å². The lowest BCUT2D eigenvalue weighted by atomic mass is 9.91. The van der Waals surface area contributed by atoms with Crippen LogP contribution in [0.5, 0.6) is 0 Å². The van der Waals surface area contributed by atoms with Crippen LogP contribution >= 0.6 is 0 Å². The summed E-state index contributed by atoms with van der Waals surface area (Å²) in [6.45, 7) is 0. The summed E-state index contributed by atoms with van der Waals surface area (Å²) in [6.07, 6.45) is 3.44. The third kappa shape index (κ3) is 2.31. The van der Waals surface area contributed by atoms with Gasteiger partial charge in [0.2, 0.25) is 0 Å². The molecule has 4 N–H and O–H groups in total. The fourth-order valence-electron chi connectivity index (χ4n) is 1.86. The van der Waals surface area contributed by atoms with E-state index in [1.54, 1.807) is 0 Å². The van der Waals surface area contributed by atoms with Crippen molar-refractivity contribution >= 4 is 20.2 Å². The molecule has 0 aromatic heterocycles. The molecule has 20 heavy (non-hydrogen) atoms. The smallest absolute Gasteiger partial charge is 0.306 e. The summed E-state index contributed by atoms with van der Waals surface area (Å²) in [5, 5.41) is 19.3. The van der Waals surface area contributed by atoms with Crippen LogP contribution in [0.25, 0.3) is 0 Å². The highest BCUT2D eigenvalue weighted by Gasteiger charge is 2.46. The van der Waals surface area contributed by atoms with Crippen LogP contribution in [0.2, 0.25) is 0 Å². The standard InChI is InChI=1S/C10H10O8S2/c11-9-4-6-1-2-8(19(13,14)15)3-7(6)5-10(9,12)20(16,17)18/h1-2,4-5,11-12H,3H2,(H,13,14,15)(H,16,17,18). The lowest BCUT2D eigenvalue weighted by Crippen LogP contribution is -2.40. The third-order valence-electron chi connectivity index (χ3n) is 2.94. The molecule has 0 spiro atoms. The van der Waals surface area contributed by atoms with E-state index in [2.05, 4.69) is 0 Å². The van der Waals surface area contributed by atoms with Crippen LogP contribution in [-0.4, -0.2) is 41.1 Å². The maximum Gasteiger partial charge on any atom is 0.306 e. The van der Waals surface area contributed by atoms with E-state index in [4.69, 9.17) is 9.11 Å². The van der Waals surface area contributed by atoms with Gasteiger partial charge in [0.15, 0.2) is 0 Å². The maximum atomic E-state index is 11.1. The molecule has 2 aliphatic rings. The molecule has 110 valence electrons. The van der Waals surface area contributed by atoms with Gasteiger partial charge in [-0.3, -0.25) is 9.11 Å². The number of aliphatic hydroxyl groups excluding tert-OH is 1. The van der Waals surface area contributed by atoms with Crippen LogP contribution in [0.15, 0.2) is 46.1 Å². The number of aliphatic hydroxyl groups is 2. The third-order valence-corrected chi connectivity index (χ3v) is 4.99. The molecule has 2 aliphatic carbocycles. The summed E-state index contributed by atoms with van der Waals surface area (Å²) >= 11 is 0. The Morgan fingerprint density at radius 3 is 2.20 bits per heavy atom. The van der Waals surface area contributed by atoms with E-state index in [1.807, 2.05) is 0 Å². The van der Waals surface area contributed by atoms with Crippen molar-refractivity contribution in [2.75, 3.05) is 0 Å². The van der Waals surface area contributed by atoms with Gasteiger partial charge >= 0.3 is 10.1 Å². The lowest BCUT2D eigenvalue weighted by Gasteiger charge is -2.28. The molecule has 1 unspecified atom stereocenters. The Labute approximate surface area is 114 Å². The van der Waals surface area contributed by atoms with Crippen LogP contribution < -0.4 is 0 Å². The zero-order chi connectivity index (χ0) is 15.3. The molecule has 0 bridgehead atoms. The maximum absolute atomic E-state index is 11.1. The Morgan fingerprint density at radius 1 is 1.10 bits per heavy atom. The van der Waals surface area contributed by atoms with E-state index >= 15 is 0 Å². The molecule has 0 heterocycles. The minimum Gasteiger partial charge on any atom is -0.508 e. The molecule has 0 radical (unpaired) electrons. The van der Waals surface area contributed by atoms with Gasteiger partial charge in [0.1, 0.15) is 5.76 Å². The minimum atomic E-state index is -5.08. The van der Waals surface area contributed by atoms with E-state index < -0.39 is 35.8 Å². The molecule has 0 fully saturated rings. The van der Waals surface area contributed by atoms with Gasteiger partial charge in [-0.25, -0.2) is 0 Å². The lowest BCUT2D eigenvalue weighted by molar-refractivity contribution is 0.139. The van der Waals surface area contributed by atoms with Gasteiger partial charge in [-0.05, 0) is 29.4 Å². The van der Waals surface area contributed by atoms with Crippen molar-refractivity contribution < 1.29 is 36.2 Å². The molecule has 10 heteroatoms. The van der Waals surface area contributed by atoms with Gasteiger partial charge in [-0.1, -0.05) is 6.08 Å². The highest BCUT2D eigenvalue weighted by molar-refractivity contribution is 7.89. The van der Waals surface area contributed by atoms with E-state index in [0.29, 0.717) is 6.08 Å². The monoisotopic (exact) mass is 322 g/mol. The quantitative estimate of drug-likeness (QED) is 0.521. The van der Waals surface area contributed by atoms with Crippen molar-refractivity contribution in [1.82, 2.24) is 0 Å². The number of allylic oxidation sites excluding steroid dienone is 6. The largest absolute Gasteiger partial charge is 0.508 e. The highest BCUT2D eigenvalue weighted by atomic mass is 32.2. The van der Waals surface area contributed by atoms with E-state index in [-0.39, 0.29) is 17.6 Å². The van der Waals surface area contributed by atoms with Gasteiger partial charge in [0, 0.05) is 6.42 Å². The van der Waals surface area contributed by atoms with Crippen LogP contribution in [0, 0.1) is 0 Å². The number of hydrogen-bond donors (Lipinski definition) is 4. The van der Waals surface area contributed by atoms with Gasteiger partial charge in [-0.15, -0.1) is 0 Å².